The van der Waals surface area contributed by atoms with E-state index in [1.54, 1.807) is 37.3 Å². The van der Waals surface area contributed by atoms with Gasteiger partial charge in [0.25, 0.3) is 0 Å². The number of nitrogen functional groups attached to an aromatic ring is 1. The molecular weight excluding hydrogens is 290 g/mol. The third-order valence-corrected chi connectivity index (χ3v) is 3.09. The van der Waals surface area contributed by atoms with Gasteiger partial charge >= 0.3 is 5.97 Å². The van der Waals surface area contributed by atoms with Crippen molar-refractivity contribution in [1.82, 2.24) is 0 Å². The van der Waals surface area contributed by atoms with Crippen molar-refractivity contribution in [3.63, 3.8) is 0 Å². The summed E-state index contributed by atoms with van der Waals surface area (Å²) in [7, 11) is 0. The summed E-state index contributed by atoms with van der Waals surface area (Å²) in [6.07, 6.45) is 0. The summed E-state index contributed by atoms with van der Waals surface area (Å²) in [4.78, 5) is 11.9. The molecule has 0 saturated heterocycles. The van der Waals surface area contributed by atoms with E-state index in [2.05, 4.69) is 0 Å². The monoisotopic (exact) mass is 305 g/mol. The number of anilines is 1. The Hall–Kier alpha value is -2.20. The summed E-state index contributed by atoms with van der Waals surface area (Å²) in [6, 6.07) is 12.3. The highest BCUT2D eigenvalue weighted by atomic mass is 35.5. The van der Waals surface area contributed by atoms with Gasteiger partial charge in [-0.15, -0.1) is 0 Å². The first-order chi connectivity index (χ1) is 10.1. The average Bonchev–Trinajstić information content (AvgIpc) is 2.47. The summed E-state index contributed by atoms with van der Waals surface area (Å²) < 4.78 is 10.7. The molecule has 2 aromatic rings. The number of benzene rings is 2. The van der Waals surface area contributed by atoms with Crippen molar-refractivity contribution in [3.8, 4) is 5.75 Å². The van der Waals surface area contributed by atoms with E-state index in [1.807, 2.05) is 12.1 Å². The second-order valence-corrected chi connectivity index (χ2v) is 4.80. The standard InChI is InChI=1S/C16H16ClNO3/c1-2-20-16(19)13-4-3-5-14(18)15(13)21-10-11-6-8-12(17)9-7-11/h3-9H,2,10,18H2,1H3. The van der Waals surface area contributed by atoms with Crippen LogP contribution in [0.5, 0.6) is 5.75 Å². The topological polar surface area (TPSA) is 61.5 Å². The Morgan fingerprint density at radius 3 is 2.57 bits per heavy atom. The largest absolute Gasteiger partial charge is 0.486 e. The van der Waals surface area contributed by atoms with Gasteiger partial charge < -0.3 is 15.2 Å². The molecule has 2 N–H and O–H groups in total. The molecule has 2 rings (SSSR count). The van der Waals surface area contributed by atoms with Crippen LogP contribution in [0.3, 0.4) is 0 Å². The van der Waals surface area contributed by atoms with Crippen LogP contribution in [0.15, 0.2) is 42.5 Å². The Morgan fingerprint density at radius 2 is 1.90 bits per heavy atom. The number of rotatable bonds is 5. The van der Waals surface area contributed by atoms with E-state index < -0.39 is 5.97 Å². The Labute approximate surface area is 128 Å². The lowest BCUT2D eigenvalue weighted by molar-refractivity contribution is 0.0521. The van der Waals surface area contributed by atoms with Gasteiger partial charge in [-0.25, -0.2) is 4.79 Å². The molecule has 0 spiro atoms. The van der Waals surface area contributed by atoms with Crippen LogP contribution in [0.4, 0.5) is 5.69 Å². The van der Waals surface area contributed by atoms with Crippen molar-refractivity contribution in [1.29, 1.82) is 0 Å². The maximum absolute atomic E-state index is 11.9. The van der Waals surface area contributed by atoms with E-state index in [0.717, 1.165) is 5.56 Å². The molecule has 0 aromatic heterocycles. The van der Waals surface area contributed by atoms with Crippen molar-refractivity contribution < 1.29 is 14.3 Å². The van der Waals surface area contributed by atoms with Gasteiger partial charge in [0.15, 0.2) is 5.75 Å². The first-order valence-corrected chi connectivity index (χ1v) is 6.92. The summed E-state index contributed by atoms with van der Waals surface area (Å²) in [5.74, 6) is -0.109. The number of carbonyl (C=O) groups excluding carboxylic acids is 1. The van der Waals surface area contributed by atoms with Crippen molar-refractivity contribution in [3.05, 3.63) is 58.6 Å². The number of hydrogen-bond donors (Lipinski definition) is 1. The van der Waals surface area contributed by atoms with Crippen LogP contribution in [0, 0.1) is 0 Å². The van der Waals surface area contributed by atoms with Crippen LogP contribution in [-0.2, 0) is 11.3 Å². The van der Waals surface area contributed by atoms with Crippen LogP contribution < -0.4 is 10.5 Å². The average molecular weight is 306 g/mol. The van der Waals surface area contributed by atoms with E-state index >= 15 is 0 Å². The molecule has 0 saturated carbocycles. The second kappa shape index (κ2) is 6.99. The minimum absolute atomic E-state index is 0.289. The Bertz CT molecular complexity index is 626. The van der Waals surface area contributed by atoms with Gasteiger partial charge in [-0.1, -0.05) is 29.8 Å². The molecule has 5 heteroatoms. The number of carbonyl (C=O) groups is 1. The number of halogens is 1. The first-order valence-electron chi connectivity index (χ1n) is 6.54. The zero-order valence-corrected chi connectivity index (χ0v) is 12.4. The molecule has 0 fully saturated rings. The fourth-order valence-electron chi connectivity index (χ4n) is 1.82. The molecule has 0 aliphatic carbocycles. The summed E-state index contributed by atoms with van der Waals surface area (Å²) in [6.45, 7) is 2.33. The van der Waals surface area contributed by atoms with Gasteiger partial charge in [0.1, 0.15) is 12.2 Å². The first kappa shape index (κ1) is 15.2. The zero-order valence-electron chi connectivity index (χ0n) is 11.6. The highest BCUT2D eigenvalue weighted by molar-refractivity contribution is 6.30. The highest BCUT2D eigenvalue weighted by Crippen LogP contribution is 2.28. The Morgan fingerprint density at radius 1 is 1.19 bits per heavy atom. The van der Waals surface area contributed by atoms with Crippen molar-refractivity contribution in [2.45, 2.75) is 13.5 Å². The quantitative estimate of drug-likeness (QED) is 0.676. The Kier molecular flexibility index (Phi) is 5.06. The molecule has 0 aliphatic heterocycles. The lowest BCUT2D eigenvalue weighted by Crippen LogP contribution is -2.09. The van der Waals surface area contributed by atoms with E-state index in [1.165, 1.54) is 0 Å². The lowest BCUT2D eigenvalue weighted by atomic mass is 10.1. The van der Waals surface area contributed by atoms with Crippen molar-refractivity contribution in [2.24, 2.45) is 0 Å². The van der Waals surface area contributed by atoms with Crippen LogP contribution in [0.2, 0.25) is 5.02 Å². The molecule has 110 valence electrons. The van der Waals surface area contributed by atoms with Gasteiger partial charge in [-0.2, -0.15) is 0 Å². The predicted molar refractivity (Wildman–Crippen MR) is 82.6 cm³/mol. The SMILES string of the molecule is CCOC(=O)c1cccc(N)c1OCc1ccc(Cl)cc1. The fourth-order valence-corrected chi connectivity index (χ4v) is 1.95. The number of esters is 1. The Balaban J connectivity index is 2.18. The van der Waals surface area contributed by atoms with E-state index in [4.69, 9.17) is 26.8 Å². The molecule has 0 bridgehead atoms. The number of para-hydroxylation sites is 1. The molecule has 0 aliphatic rings. The lowest BCUT2D eigenvalue weighted by Gasteiger charge is -2.13. The van der Waals surface area contributed by atoms with Crippen molar-refractivity contribution >= 4 is 23.3 Å². The molecule has 0 amide bonds. The normalized spacial score (nSPS) is 10.2. The fraction of sp³-hybridized carbons (Fsp3) is 0.188. The van der Waals surface area contributed by atoms with Crippen molar-refractivity contribution in [2.75, 3.05) is 12.3 Å². The summed E-state index contributed by atoms with van der Waals surface area (Å²) in [5.41, 5.74) is 7.54. The molecular formula is C16H16ClNO3. The van der Waals surface area contributed by atoms with Gasteiger partial charge in [-0.05, 0) is 36.8 Å². The molecule has 0 radical (unpaired) electrons. The van der Waals surface area contributed by atoms with Gasteiger partial charge in [-0.3, -0.25) is 0 Å². The van der Waals surface area contributed by atoms with E-state index in [-0.39, 0.29) is 6.61 Å². The van der Waals surface area contributed by atoms with Crippen LogP contribution in [0.25, 0.3) is 0 Å². The van der Waals surface area contributed by atoms with Crippen LogP contribution >= 0.6 is 11.6 Å². The predicted octanol–water partition coefficient (Wildman–Crippen LogP) is 3.68. The zero-order chi connectivity index (χ0) is 15.2. The molecule has 21 heavy (non-hydrogen) atoms. The van der Waals surface area contributed by atoms with E-state index in [0.29, 0.717) is 28.6 Å². The second-order valence-electron chi connectivity index (χ2n) is 4.36. The third kappa shape index (κ3) is 3.89. The molecule has 2 aromatic carbocycles. The highest BCUT2D eigenvalue weighted by Gasteiger charge is 2.16. The molecule has 4 nitrogen and oxygen atoms in total. The van der Waals surface area contributed by atoms with Crippen LogP contribution in [0.1, 0.15) is 22.8 Å². The van der Waals surface area contributed by atoms with Gasteiger partial charge in [0.05, 0.1) is 12.3 Å². The number of nitrogens with two attached hydrogens (primary N) is 1. The third-order valence-electron chi connectivity index (χ3n) is 2.84. The molecule has 0 atom stereocenters. The summed E-state index contributed by atoms with van der Waals surface area (Å²) in [5, 5.41) is 0.658. The van der Waals surface area contributed by atoms with Gasteiger partial charge in [0.2, 0.25) is 0 Å². The van der Waals surface area contributed by atoms with Crippen LogP contribution in [-0.4, -0.2) is 12.6 Å². The number of hydrogen-bond acceptors (Lipinski definition) is 4. The smallest absolute Gasteiger partial charge is 0.341 e. The maximum Gasteiger partial charge on any atom is 0.341 e. The maximum atomic E-state index is 11.9. The minimum Gasteiger partial charge on any atom is -0.486 e. The van der Waals surface area contributed by atoms with E-state index in [9.17, 15) is 4.79 Å². The summed E-state index contributed by atoms with van der Waals surface area (Å²) >= 11 is 5.83. The minimum atomic E-state index is -0.448. The number of ether oxygens (including phenoxy) is 2. The molecule has 0 unspecified atom stereocenters. The van der Waals surface area contributed by atoms with Gasteiger partial charge in [0, 0.05) is 5.02 Å². The molecule has 0 heterocycles.